The van der Waals surface area contributed by atoms with E-state index in [0.29, 0.717) is 11.8 Å². The van der Waals surface area contributed by atoms with Gasteiger partial charge in [0.05, 0.1) is 5.69 Å². The lowest BCUT2D eigenvalue weighted by molar-refractivity contribution is -0.123. The summed E-state index contributed by atoms with van der Waals surface area (Å²) in [5, 5.41) is 3.12. The van der Waals surface area contributed by atoms with E-state index in [1.54, 1.807) is 0 Å². The van der Waals surface area contributed by atoms with Gasteiger partial charge >= 0.3 is 0 Å². The maximum Gasteiger partial charge on any atom is 0.258 e. The van der Waals surface area contributed by atoms with Crippen LogP contribution in [0.25, 0.3) is 5.65 Å². The largest absolute Gasteiger partial charge is 0.480 e. The molecule has 23 heavy (non-hydrogen) atoms. The van der Waals surface area contributed by atoms with Crippen molar-refractivity contribution in [1.82, 2.24) is 14.7 Å². The van der Waals surface area contributed by atoms with Gasteiger partial charge in [0.25, 0.3) is 5.91 Å². The molecule has 0 aromatic carbocycles. The molecule has 5 nitrogen and oxygen atoms in total. The van der Waals surface area contributed by atoms with Crippen molar-refractivity contribution in [2.45, 2.75) is 57.9 Å². The highest BCUT2D eigenvalue weighted by Gasteiger charge is 2.15. The van der Waals surface area contributed by atoms with Gasteiger partial charge in [-0.15, -0.1) is 0 Å². The van der Waals surface area contributed by atoms with Crippen LogP contribution in [0, 0.1) is 6.92 Å². The first-order valence-electron chi connectivity index (χ1n) is 8.59. The number of hydrogen-bond acceptors (Lipinski definition) is 3. The van der Waals surface area contributed by atoms with E-state index in [0.717, 1.165) is 24.2 Å². The second kappa shape index (κ2) is 7.49. The molecule has 5 heteroatoms. The van der Waals surface area contributed by atoms with Crippen molar-refractivity contribution in [1.29, 1.82) is 0 Å². The van der Waals surface area contributed by atoms with Crippen LogP contribution in [0.15, 0.2) is 24.5 Å². The topological polar surface area (TPSA) is 55.6 Å². The molecule has 0 atom stereocenters. The molecule has 0 unspecified atom stereocenters. The van der Waals surface area contributed by atoms with E-state index in [9.17, 15) is 4.79 Å². The summed E-state index contributed by atoms with van der Waals surface area (Å²) < 4.78 is 7.61. The van der Waals surface area contributed by atoms with Crippen LogP contribution in [-0.4, -0.2) is 27.9 Å². The fourth-order valence-electron chi connectivity index (χ4n) is 3.24. The molecule has 1 aliphatic carbocycles. The number of hydrogen-bond donors (Lipinski definition) is 1. The fraction of sp³-hybridized carbons (Fsp3) is 0.556. The number of amides is 1. The average molecular weight is 315 g/mol. The number of nitrogens with one attached hydrogen (secondary N) is 1. The van der Waals surface area contributed by atoms with Crippen LogP contribution in [0.5, 0.6) is 5.75 Å². The molecule has 124 valence electrons. The van der Waals surface area contributed by atoms with Crippen molar-refractivity contribution in [2.75, 3.05) is 6.61 Å². The summed E-state index contributed by atoms with van der Waals surface area (Å²) >= 11 is 0. The molecule has 2 heterocycles. The molecule has 2 aromatic rings. The summed E-state index contributed by atoms with van der Waals surface area (Å²) in [7, 11) is 0. The number of rotatable bonds is 4. The Balaban J connectivity index is 1.55. The van der Waals surface area contributed by atoms with Crippen molar-refractivity contribution in [3.63, 3.8) is 0 Å². The number of carbonyl (C=O) groups excluding carboxylic acids is 1. The highest BCUT2D eigenvalue weighted by atomic mass is 16.5. The Morgan fingerprint density at radius 1 is 1.30 bits per heavy atom. The number of pyridine rings is 1. The smallest absolute Gasteiger partial charge is 0.258 e. The minimum Gasteiger partial charge on any atom is -0.480 e. The molecule has 1 aliphatic rings. The zero-order valence-electron chi connectivity index (χ0n) is 13.8. The highest BCUT2D eigenvalue weighted by Crippen LogP contribution is 2.19. The number of aromatic nitrogens is 2. The molecular weight excluding hydrogens is 290 g/mol. The van der Waals surface area contributed by atoms with E-state index in [2.05, 4.69) is 10.3 Å². The Labute approximate surface area is 137 Å². The van der Waals surface area contributed by atoms with Gasteiger partial charge in [-0.1, -0.05) is 32.1 Å². The van der Waals surface area contributed by atoms with Gasteiger partial charge in [0, 0.05) is 18.4 Å². The van der Waals surface area contributed by atoms with Crippen molar-refractivity contribution in [3.05, 3.63) is 30.2 Å². The van der Waals surface area contributed by atoms with Crippen LogP contribution in [0.3, 0.4) is 0 Å². The maximum atomic E-state index is 12.2. The Bertz CT molecular complexity index is 657. The molecule has 0 bridgehead atoms. The highest BCUT2D eigenvalue weighted by molar-refractivity contribution is 5.78. The minimum absolute atomic E-state index is 0.0409. The van der Waals surface area contributed by atoms with Gasteiger partial charge in [-0.05, 0) is 31.9 Å². The van der Waals surface area contributed by atoms with Gasteiger partial charge in [0.15, 0.2) is 18.0 Å². The standard InChI is InChI=1S/C18H25N3O2/c1-14-12-21-11-7-10-16(18(21)19-14)23-13-17(22)20-15-8-5-3-2-4-6-9-15/h7,10-12,15H,2-6,8-9,13H2,1H3,(H,20,22). The third-order valence-corrected chi connectivity index (χ3v) is 4.40. The average Bonchev–Trinajstić information content (AvgIpc) is 2.88. The summed E-state index contributed by atoms with van der Waals surface area (Å²) in [6.45, 7) is 1.99. The summed E-state index contributed by atoms with van der Waals surface area (Å²) in [6.07, 6.45) is 12.3. The zero-order valence-corrected chi connectivity index (χ0v) is 13.8. The molecule has 0 saturated heterocycles. The zero-order chi connectivity index (χ0) is 16.1. The number of imidazole rings is 1. The lowest BCUT2D eigenvalue weighted by atomic mass is 9.97. The van der Waals surface area contributed by atoms with E-state index >= 15 is 0 Å². The molecule has 0 aliphatic heterocycles. The quantitative estimate of drug-likeness (QED) is 0.942. The molecule has 0 radical (unpaired) electrons. The van der Waals surface area contributed by atoms with Gasteiger partial charge in [-0.25, -0.2) is 4.98 Å². The van der Waals surface area contributed by atoms with Crippen LogP contribution in [0.1, 0.15) is 50.6 Å². The predicted octanol–water partition coefficient (Wildman–Crippen LogP) is 3.25. The van der Waals surface area contributed by atoms with Gasteiger partial charge in [0.2, 0.25) is 0 Å². The molecule has 3 rings (SSSR count). The summed E-state index contributed by atoms with van der Waals surface area (Å²) in [5.74, 6) is 0.606. The first kappa shape index (κ1) is 15.8. The summed E-state index contributed by atoms with van der Waals surface area (Å²) in [6, 6.07) is 4.05. The number of fused-ring (bicyclic) bond motifs is 1. The molecule has 2 aromatic heterocycles. The predicted molar refractivity (Wildman–Crippen MR) is 89.7 cm³/mol. The van der Waals surface area contributed by atoms with Crippen molar-refractivity contribution >= 4 is 11.6 Å². The van der Waals surface area contributed by atoms with E-state index in [1.807, 2.05) is 35.9 Å². The normalized spacial score (nSPS) is 16.7. The van der Waals surface area contributed by atoms with Crippen molar-refractivity contribution in [2.24, 2.45) is 0 Å². The lowest BCUT2D eigenvalue weighted by Crippen LogP contribution is -2.38. The number of carbonyl (C=O) groups is 1. The maximum absolute atomic E-state index is 12.2. The van der Waals surface area contributed by atoms with Gasteiger partial charge in [0.1, 0.15) is 0 Å². The molecule has 1 saturated carbocycles. The number of ether oxygens (including phenoxy) is 1. The Hall–Kier alpha value is -2.04. The SMILES string of the molecule is Cc1cn2cccc(OCC(=O)NC3CCCCCCC3)c2n1. The molecule has 1 N–H and O–H groups in total. The summed E-state index contributed by atoms with van der Waals surface area (Å²) in [5.41, 5.74) is 1.68. The van der Waals surface area contributed by atoms with E-state index in [1.165, 1.54) is 32.1 Å². The minimum atomic E-state index is -0.0409. The molecule has 1 amide bonds. The van der Waals surface area contributed by atoms with Crippen molar-refractivity contribution < 1.29 is 9.53 Å². The van der Waals surface area contributed by atoms with Crippen LogP contribution >= 0.6 is 0 Å². The van der Waals surface area contributed by atoms with E-state index in [-0.39, 0.29) is 12.5 Å². The summed E-state index contributed by atoms with van der Waals surface area (Å²) in [4.78, 5) is 16.6. The van der Waals surface area contributed by atoms with Gasteiger partial charge in [-0.3, -0.25) is 4.79 Å². The molecular formula is C18H25N3O2. The first-order valence-corrected chi connectivity index (χ1v) is 8.59. The fourth-order valence-corrected chi connectivity index (χ4v) is 3.24. The third-order valence-electron chi connectivity index (χ3n) is 4.40. The Kier molecular flexibility index (Phi) is 5.16. The number of aryl methyl sites for hydroxylation is 1. The monoisotopic (exact) mass is 315 g/mol. The first-order chi connectivity index (χ1) is 11.2. The second-order valence-corrected chi connectivity index (χ2v) is 6.38. The third kappa shape index (κ3) is 4.24. The lowest BCUT2D eigenvalue weighted by Gasteiger charge is -2.21. The van der Waals surface area contributed by atoms with Gasteiger partial charge in [-0.2, -0.15) is 0 Å². The van der Waals surface area contributed by atoms with E-state index < -0.39 is 0 Å². The Morgan fingerprint density at radius 2 is 2.04 bits per heavy atom. The van der Waals surface area contributed by atoms with Gasteiger partial charge < -0.3 is 14.5 Å². The second-order valence-electron chi connectivity index (χ2n) is 6.38. The van der Waals surface area contributed by atoms with Crippen molar-refractivity contribution in [3.8, 4) is 5.75 Å². The van der Waals surface area contributed by atoms with E-state index in [4.69, 9.17) is 4.74 Å². The van der Waals surface area contributed by atoms with Crippen LogP contribution < -0.4 is 10.1 Å². The van der Waals surface area contributed by atoms with Crippen LogP contribution in [-0.2, 0) is 4.79 Å². The van der Waals surface area contributed by atoms with Crippen LogP contribution in [0.2, 0.25) is 0 Å². The molecule has 0 spiro atoms. The Morgan fingerprint density at radius 3 is 2.83 bits per heavy atom. The number of nitrogens with zero attached hydrogens (tertiary/aromatic N) is 2. The molecule has 1 fully saturated rings. The van der Waals surface area contributed by atoms with Crippen LogP contribution in [0.4, 0.5) is 0 Å².